The molecule has 0 bridgehead atoms. The normalized spacial score (nSPS) is 14.1. The van der Waals surface area contributed by atoms with Gasteiger partial charge < -0.3 is 25.8 Å². The number of ether oxygens (including phenoxy) is 2. The molecule has 1 heterocycles. The van der Waals surface area contributed by atoms with Gasteiger partial charge in [0, 0.05) is 29.8 Å². The number of rotatable bonds is 6. The fourth-order valence-corrected chi connectivity index (χ4v) is 2.78. The van der Waals surface area contributed by atoms with Crippen molar-refractivity contribution < 1.29 is 14.3 Å². The van der Waals surface area contributed by atoms with E-state index in [1.165, 1.54) is 0 Å². The molecule has 2 aromatic carbocycles. The van der Waals surface area contributed by atoms with Crippen molar-refractivity contribution in [3.05, 3.63) is 53.6 Å². The lowest BCUT2D eigenvalue weighted by Gasteiger charge is -2.11. The Morgan fingerprint density at radius 1 is 1.13 bits per heavy atom. The van der Waals surface area contributed by atoms with E-state index >= 15 is 0 Å². The second-order valence-corrected chi connectivity index (χ2v) is 7.02. The Kier molecular flexibility index (Phi) is 9.22. The molecule has 0 aliphatic carbocycles. The molecule has 1 amide bonds. The number of aliphatic imine (C=N–C) groups is 1. The number of carbonyl (C=O) groups excluding carboxylic acids is 1. The van der Waals surface area contributed by atoms with Gasteiger partial charge in [-0.05, 0) is 43.2 Å². The predicted molar refractivity (Wildman–Crippen MR) is 130 cm³/mol. The summed E-state index contributed by atoms with van der Waals surface area (Å²) in [6.07, 6.45) is 1.76. The Bertz CT molecular complexity index is 871. The Balaban J connectivity index is 0.00000320. The van der Waals surface area contributed by atoms with Gasteiger partial charge in [-0.3, -0.25) is 4.79 Å². The number of hydrogen-bond donors (Lipinski definition) is 3. The van der Waals surface area contributed by atoms with Crippen LogP contribution in [0.25, 0.3) is 0 Å². The van der Waals surface area contributed by atoms with Crippen molar-refractivity contribution in [1.29, 1.82) is 0 Å². The fourth-order valence-electron chi connectivity index (χ4n) is 2.78. The largest absolute Gasteiger partial charge is 0.490 e. The van der Waals surface area contributed by atoms with Crippen LogP contribution >= 0.6 is 24.0 Å². The molecule has 0 fully saturated rings. The SMILES string of the molecule is CCC(C)NC(=O)c1ccc(CN=C(N)Nc2ccc3c(c2)OCCCO3)cc1.I. The molecule has 0 spiro atoms. The third kappa shape index (κ3) is 6.79. The van der Waals surface area contributed by atoms with Gasteiger partial charge in [-0.15, -0.1) is 24.0 Å². The summed E-state index contributed by atoms with van der Waals surface area (Å²) in [6, 6.07) is 13.1. The zero-order valence-electron chi connectivity index (χ0n) is 17.3. The van der Waals surface area contributed by atoms with Crippen molar-refractivity contribution in [2.75, 3.05) is 18.5 Å². The standard InChI is InChI=1S/C22H28N4O3.HI/c1-3-15(2)25-21(27)17-7-5-16(6-8-17)14-24-22(23)26-18-9-10-19-20(13-18)29-12-4-11-28-19;/h5-10,13,15H,3-4,11-12,14H2,1-2H3,(H,25,27)(H3,23,24,26);1H. The highest BCUT2D eigenvalue weighted by Gasteiger charge is 2.11. The van der Waals surface area contributed by atoms with Gasteiger partial charge in [0.25, 0.3) is 5.91 Å². The number of amides is 1. The summed E-state index contributed by atoms with van der Waals surface area (Å²) in [5, 5.41) is 6.02. The summed E-state index contributed by atoms with van der Waals surface area (Å²) in [6.45, 7) is 5.72. The van der Waals surface area contributed by atoms with E-state index < -0.39 is 0 Å². The van der Waals surface area contributed by atoms with Crippen LogP contribution < -0.4 is 25.8 Å². The molecule has 0 saturated heterocycles. The molecular weight excluding hydrogens is 495 g/mol. The second kappa shape index (κ2) is 11.6. The van der Waals surface area contributed by atoms with Gasteiger partial charge in [0.15, 0.2) is 17.5 Å². The Morgan fingerprint density at radius 2 is 1.83 bits per heavy atom. The highest BCUT2D eigenvalue weighted by Crippen LogP contribution is 2.32. The number of carbonyl (C=O) groups is 1. The first-order chi connectivity index (χ1) is 14.0. The van der Waals surface area contributed by atoms with Crippen LogP contribution in [0.1, 0.15) is 42.6 Å². The fraction of sp³-hybridized carbons (Fsp3) is 0.364. The topological polar surface area (TPSA) is 98.0 Å². The first-order valence-corrected chi connectivity index (χ1v) is 9.91. The number of nitrogens with one attached hydrogen (secondary N) is 2. The molecule has 7 nitrogen and oxygen atoms in total. The lowest BCUT2D eigenvalue weighted by atomic mass is 10.1. The number of guanidine groups is 1. The van der Waals surface area contributed by atoms with E-state index in [0.717, 1.165) is 29.8 Å². The highest BCUT2D eigenvalue weighted by atomic mass is 127. The number of anilines is 1. The summed E-state index contributed by atoms with van der Waals surface area (Å²) >= 11 is 0. The van der Waals surface area contributed by atoms with Crippen LogP contribution in [0.2, 0.25) is 0 Å². The van der Waals surface area contributed by atoms with Crippen molar-refractivity contribution in [3.63, 3.8) is 0 Å². The lowest BCUT2D eigenvalue weighted by Crippen LogP contribution is -2.31. The van der Waals surface area contributed by atoms with E-state index in [1.807, 2.05) is 44.2 Å². The quantitative estimate of drug-likeness (QED) is 0.303. The van der Waals surface area contributed by atoms with Crippen molar-refractivity contribution in [3.8, 4) is 11.5 Å². The maximum Gasteiger partial charge on any atom is 0.251 e. The summed E-state index contributed by atoms with van der Waals surface area (Å²) < 4.78 is 11.3. The molecule has 30 heavy (non-hydrogen) atoms. The van der Waals surface area contributed by atoms with Crippen LogP contribution in [0.5, 0.6) is 11.5 Å². The van der Waals surface area contributed by atoms with Crippen molar-refractivity contribution in [2.45, 2.75) is 39.3 Å². The summed E-state index contributed by atoms with van der Waals surface area (Å²) in [5.41, 5.74) is 8.40. The Labute approximate surface area is 194 Å². The van der Waals surface area contributed by atoms with Crippen LogP contribution in [-0.2, 0) is 6.54 Å². The van der Waals surface area contributed by atoms with Gasteiger partial charge in [-0.25, -0.2) is 4.99 Å². The molecule has 1 unspecified atom stereocenters. The molecule has 0 radical (unpaired) electrons. The zero-order valence-corrected chi connectivity index (χ0v) is 19.6. The maximum atomic E-state index is 12.1. The lowest BCUT2D eigenvalue weighted by molar-refractivity contribution is 0.0939. The molecule has 162 valence electrons. The molecule has 2 aromatic rings. The van der Waals surface area contributed by atoms with E-state index in [2.05, 4.69) is 15.6 Å². The first kappa shape index (κ1) is 23.8. The summed E-state index contributed by atoms with van der Waals surface area (Å²) in [7, 11) is 0. The molecular formula is C22H29IN4O3. The van der Waals surface area contributed by atoms with E-state index in [1.54, 1.807) is 12.1 Å². The third-order valence-corrected chi connectivity index (χ3v) is 4.66. The van der Waals surface area contributed by atoms with Crippen LogP contribution in [0.4, 0.5) is 5.69 Å². The summed E-state index contributed by atoms with van der Waals surface area (Å²) in [4.78, 5) is 16.5. The van der Waals surface area contributed by atoms with Gasteiger partial charge in [0.1, 0.15) is 0 Å². The number of hydrogen-bond acceptors (Lipinski definition) is 4. The Hall–Kier alpha value is -2.49. The van der Waals surface area contributed by atoms with Gasteiger partial charge in [0.05, 0.1) is 19.8 Å². The van der Waals surface area contributed by atoms with Crippen LogP contribution in [0.15, 0.2) is 47.5 Å². The predicted octanol–water partition coefficient (Wildman–Crippen LogP) is 3.92. The first-order valence-electron chi connectivity index (χ1n) is 9.91. The minimum absolute atomic E-state index is 0. The maximum absolute atomic E-state index is 12.1. The molecule has 0 aromatic heterocycles. The van der Waals surface area contributed by atoms with Gasteiger partial charge in [-0.1, -0.05) is 19.1 Å². The van der Waals surface area contributed by atoms with Crippen molar-refractivity contribution in [1.82, 2.24) is 5.32 Å². The molecule has 1 aliphatic rings. The van der Waals surface area contributed by atoms with E-state index in [0.29, 0.717) is 37.0 Å². The molecule has 1 aliphatic heterocycles. The van der Waals surface area contributed by atoms with Crippen molar-refractivity contribution in [2.24, 2.45) is 10.7 Å². The third-order valence-electron chi connectivity index (χ3n) is 4.66. The molecule has 0 saturated carbocycles. The van der Waals surface area contributed by atoms with Gasteiger partial charge >= 0.3 is 0 Å². The molecule has 4 N–H and O–H groups in total. The average Bonchev–Trinajstić information content (AvgIpc) is 2.97. The van der Waals surface area contributed by atoms with E-state index in [9.17, 15) is 4.79 Å². The van der Waals surface area contributed by atoms with E-state index in [4.69, 9.17) is 15.2 Å². The molecule has 8 heteroatoms. The second-order valence-electron chi connectivity index (χ2n) is 7.02. The molecule has 1 atom stereocenters. The Morgan fingerprint density at radius 3 is 2.53 bits per heavy atom. The van der Waals surface area contributed by atoms with Crippen molar-refractivity contribution >= 4 is 41.5 Å². The van der Waals surface area contributed by atoms with Crippen LogP contribution in [-0.4, -0.2) is 31.1 Å². The minimum atomic E-state index is -0.0648. The van der Waals surface area contributed by atoms with Gasteiger partial charge in [0.2, 0.25) is 0 Å². The average molecular weight is 524 g/mol. The molecule has 3 rings (SSSR count). The minimum Gasteiger partial charge on any atom is -0.490 e. The number of fused-ring (bicyclic) bond motifs is 1. The highest BCUT2D eigenvalue weighted by molar-refractivity contribution is 14.0. The van der Waals surface area contributed by atoms with Crippen LogP contribution in [0, 0.1) is 0 Å². The van der Waals surface area contributed by atoms with E-state index in [-0.39, 0.29) is 35.9 Å². The number of benzene rings is 2. The zero-order chi connectivity index (χ0) is 20.6. The monoisotopic (exact) mass is 524 g/mol. The van der Waals surface area contributed by atoms with Gasteiger partial charge in [-0.2, -0.15) is 0 Å². The number of nitrogens with zero attached hydrogens (tertiary/aromatic N) is 1. The number of halogens is 1. The summed E-state index contributed by atoms with van der Waals surface area (Å²) in [5.74, 6) is 1.68. The van der Waals surface area contributed by atoms with Crippen LogP contribution in [0.3, 0.4) is 0 Å². The number of nitrogens with two attached hydrogens (primary N) is 1. The smallest absolute Gasteiger partial charge is 0.251 e.